The van der Waals surface area contributed by atoms with Crippen LogP contribution in [0.15, 0.2) is 40.2 Å². The van der Waals surface area contributed by atoms with Crippen LogP contribution >= 0.6 is 27.3 Å². The lowest BCUT2D eigenvalue weighted by Gasteiger charge is -2.12. The molecule has 2 aromatic rings. The van der Waals surface area contributed by atoms with Crippen molar-refractivity contribution >= 4 is 38.9 Å². The Labute approximate surface area is 123 Å². The quantitative estimate of drug-likeness (QED) is 0.898. The number of amides is 1. The molecule has 0 spiro atoms. The van der Waals surface area contributed by atoms with E-state index in [2.05, 4.69) is 21.2 Å². The van der Waals surface area contributed by atoms with Gasteiger partial charge in [0, 0.05) is 16.6 Å². The molecule has 0 saturated heterocycles. The Morgan fingerprint density at radius 1 is 1.47 bits per heavy atom. The van der Waals surface area contributed by atoms with Gasteiger partial charge in [-0.3, -0.25) is 4.79 Å². The maximum atomic E-state index is 12.0. The summed E-state index contributed by atoms with van der Waals surface area (Å²) in [5, 5.41) is 4.67. The molecule has 1 aromatic carbocycles. The van der Waals surface area contributed by atoms with Gasteiger partial charge >= 0.3 is 0 Å². The number of rotatable bonds is 4. The first kappa shape index (κ1) is 14.0. The molecule has 3 N–H and O–H groups in total. The smallest absolute Gasteiger partial charge is 0.246 e. The minimum Gasteiger partial charge on any atom is -0.495 e. The highest BCUT2D eigenvalue weighted by molar-refractivity contribution is 9.10. The van der Waals surface area contributed by atoms with Gasteiger partial charge in [0.1, 0.15) is 11.8 Å². The average molecular weight is 341 g/mol. The second-order valence-corrected chi connectivity index (χ2v) is 5.67. The summed E-state index contributed by atoms with van der Waals surface area (Å²) in [5.74, 6) is 0.411. The first-order chi connectivity index (χ1) is 9.11. The maximum absolute atomic E-state index is 12.0. The Bertz CT molecular complexity index is 572. The molecular weight excluding hydrogens is 328 g/mol. The van der Waals surface area contributed by atoms with Crippen molar-refractivity contribution in [2.75, 3.05) is 12.4 Å². The molecular formula is C13H13BrN2O2S. The molecule has 100 valence electrons. The Balaban J connectivity index is 2.11. The molecule has 0 aliphatic heterocycles. The first-order valence-corrected chi connectivity index (χ1v) is 7.22. The van der Waals surface area contributed by atoms with Gasteiger partial charge in [-0.05, 0) is 39.5 Å². The van der Waals surface area contributed by atoms with E-state index in [1.54, 1.807) is 19.2 Å². The summed E-state index contributed by atoms with van der Waals surface area (Å²) in [6.07, 6.45) is 0. The van der Waals surface area contributed by atoms with Crippen LogP contribution in [0.25, 0.3) is 0 Å². The number of nitrogens with two attached hydrogens (primary N) is 1. The summed E-state index contributed by atoms with van der Waals surface area (Å²) >= 11 is 4.82. The molecule has 4 nitrogen and oxygen atoms in total. The number of nitrogens with one attached hydrogen (secondary N) is 1. The van der Waals surface area contributed by atoms with Crippen molar-refractivity contribution in [1.29, 1.82) is 0 Å². The second kappa shape index (κ2) is 6.18. The molecule has 0 saturated carbocycles. The number of hydrogen-bond donors (Lipinski definition) is 2. The number of methoxy groups -OCH3 is 1. The van der Waals surface area contributed by atoms with Crippen molar-refractivity contribution in [3.8, 4) is 5.75 Å². The van der Waals surface area contributed by atoms with Gasteiger partial charge in [-0.15, -0.1) is 11.3 Å². The molecule has 0 radical (unpaired) electrons. The number of halogens is 1. The standard InChI is InChI=1S/C13H13BrN2O2S/c1-18-10-7-8(4-5-9(10)14)16-13(17)12(15)11-3-2-6-19-11/h2-7,12H,15H2,1H3,(H,16,17). The monoisotopic (exact) mass is 340 g/mol. The molecule has 1 amide bonds. The Kier molecular flexibility index (Phi) is 4.57. The number of carbonyl (C=O) groups is 1. The highest BCUT2D eigenvalue weighted by Gasteiger charge is 2.17. The molecule has 0 aliphatic rings. The summed E-state index contributed by atoms with van der Waals surface area (Å²) in [6, 6.07) is 8.39. The van der Waals surface area contributed by atoms with E-state index in [0.29, 0.717) is 11.4 Å². The lowest BCUT2D eigenvalue weighted by molar-refractivity contribution is -0.117. The largest absolute Gasteiger partial charge is 0.495 e. The lowest BCUT2D eigenvalue weighted by Crippen LogP contribution is -2.26. The normalized spacial score (nSPS) is 11.9. The van der Waals surface area contributed by atoms with Crippen molar-refractivity contribution < 1.29 is 9.53 Å². The van der Waals surface area contributed by atoms with Gasteiger partial charge in [0.15, 0.2) is 0 Å². The molecule has 2 rings (SSSR count). The Hall–Kier alpha value is -1.37. The average Bonchev–Trinajstić information content (AvgIpc) is 2.94. The fourth-order valence-corrected chi connectivity index (χ4v) is 2.69. The summed E-state index contributed by atoms with van der Waals surface area (Å²) in [4.78, 5) is 12.8. The first-order valence-electron chi connectivity index (χ1n) is 5.55. The molecule has 1 atom stereocenters. The van der Waals surface area contributed by atoms with E-state index >= 15 is 0 Å². The van der Waals surface area contributed by atoms with Crippen molar-refractivity contribution in [2.24, 2.45) is 5.73 Å². The molecule has 6 heteroatoms. The Morgan fingerprint density at radius 2 is 2.26 bits per heavy atom. The van der Waals surface area contributed by atoms with E-state index < -0.39 is 6.04 Å². The molecule has 0 bridgehead atoms. The van der Waals surface area contributed by atoms with E-state index in [1.165, 1.54) is 11.3 Å². The molecule has 1 aromatic heterocycles. The van der Waals surface area contributed by atoms with E-state index in [9.17, 15) is 4.79 Å². The van der Waals surface area contributed by atoms with Crippen LogP contribution in [0.4, 0.5) is 5.69 Å². The number of hydrogen-bond acceptors (Lipinski definition) is 4. The zero-order valence-corrected chi connectivity index (χ0v) is 12.6. The van der Waals surface area contributed by atoms with Crippen LogP contribution in [-0.4, -0.2) is 13.0 Å². The van der Waals surface area contributed by atoms with Crippen LogP contribution in [0.1, 0.15) is 10.9 Å². The zero-order chi connectivity index (χ0) is 13.8. The molecule has 1 heterocycles. The third-order valence-corrected chi connectivity index (χ3v) is 4.16. The van der Waals surface area contributed by atoms with Gasteiger partial charge in [0.2, 0.25) is 5.91 Å². The van der Waals surface area contributed by atoms with Crippen molar-refractivity contribution in [2.45, 2.75) is 6.04 Å². The lowest BCUT2D eigenvalue weighted by atomic mass is 10.2. The Morgan fingerprint density at radius 3 is 2.89 bits per heavy atom. The predicted molar refractivity (Wildman–Crippen MR) is 80.6 cm³/mol. The van der Waals surface area contributed by atoms with Gasteiger partial charge in [-0.25, -0.2) is 0 Å². The summed E-state index contributed by atoms with van der Waals surface area (Å²) in [5.41, 5.74) is 6.54. The zero-order valence-electron chi connectivity index (χ0n) is 10.2. The fourth-order valence-electron chi connectivity index (χ4n) is 1.55. The van der Waals surface area contributed by atoms with E-state index in [4.69, 9.17) is 10.5 Å². The second-order valence-electron chi connectivity index (χ2n) is 3.83. The van der Waals surface area contributed by atoms with E-state index in [-0.39, 0.29) is 5.91 Å². The van der Waals surface area contributed by atoms with Crippen LogP contribution in [-0.2, 0) is 4.79 Å². The van der Waals surface area contributed by atoms with Gasteiger partial charge in [0.25, 0.3) is 0 Å². The van der Waals surface area contributed by atoms with Gasteiger partial charge < -0.3 is 15.8 Å². The van der Waals surface area contributed by atoms with Crippen LogP contribution in [0, 0.1) is 0 Å². The number of carbonyl (C=O) groups excluding carboxylic acids is 1. The van der Waals surface area contributed by atoms with Gasteiger partial charge in [-0.1, -0.05) is 6.07 Å². The van der Waals surface area contributed by atoms with Gasteiger partial charge in [0.05, 0.1) is 11.6 Å². The van der Waals surface area contributed by atoms with E-state index in [0.717, 1.165) is 9.35 Å². The topological polar surface area (TPSA) is 64.3 Å². The van der Waals surface area contributed by atoms with Crippen molar-refractivity contribution in [3.63, 3.8) is 0 Å². The van der Waals surface area contributed by atoms with Crippen LogP contribution in [0.5, 0.6) is 5.75 Å². The third-order valence-electron chi connectivity index (χ3n) is 2.55. The number of benzene rings is 1. The molecule has 1 unspecified atom stereocenters. The molecule has 0 fully saturated rings. The van der Waals surface area contributed by atoms with E-state index in [1.807, 2.05) is 23.6 Å². The molecule has 0 aliphatic carbocycles. The third kappa shape index (κ3) is 3.34. The fraction of sp³-hybridized carbons (Fsp3) is 0.154. The van der Waals surface area contributed by atoms with Crippen molar-refractivity contribution in [1.82, 2.24) is 0 Å². The number of thiophene rings is 1. The molecule has 19 heavy (non-hydrogen) atoms. The maximum Gasteiger partial charge on any atom is 0.246 e. The van der Waals surface area contributed by atoms with Crippen LogP contribution in [0.2, 0.25) is 0 Å². The minimum absolute atomic E-state index is 0.244. The SMILES string of the molecule is COc1cc(NC(=O)C(N)c2cccs2)ccc1Br. The minimum atomic E-state index is -0.658. The predicted octanol–water partition coefficient (Wildman–Crippen LogP) is 3.16. The summed E-state index contributed by atoms with van der Waals surface area (Å²) < 4.78 is 6.00. The number of ether oxygens (including phenoxy) is 1. The van der Waals surface area contributed by atoms with Crippen molar-refractivity contribution in [3.05, 3.63) is 45.1 Å². The van der Waals surface area contributed by atoms with Crippen LogP contribution < -0.4 is 15.8 Å². The summed E-state index contributed by atoms with van der Waals surface area (Å²) in [7, 11) is 1.57. The summed E-state index contributed by atoms with van der Waals surface area (Å²) in [6.45, 7) is 0. The highest BCUT2D eigenvalue weighted by atomic mass is 79.9. The van der Waals surface area contributed by atoms with Gasteiger partial charge in [-0.2, -0.15) is 0 Å². The number of anilines is 1. The highest BCUT2D eigenvalue weighted by Crippen LogP contribution is 2.28. The van der Waals surface area contributed by atoms with Crippen LogP contribution in [0.3, 0.4) is 0 Å².